The average Bonchev–Trinajstić information content (AvgIpc) is 3.13. The number of esters is 1. The Bertz CT molecular complexity index is 1260. The molecule has 2 aromatic carbocycles. The highest BCUT2D eigenvalue weighted by Crippen LogP contribution is 2.36. The molecule has 0 saturated heterocycles. The van der Waals surface area contributed by atoms with Gasteiger partial charge in [0.25, 0.3) is 5.56 Å². The highest BCUT2D eigenvalue weighted by atomic mass is 32.2. The van der Waals surface area contributed by atoms with Crippen LogP contribution in [-0.4, -0.2) is 27.9 Å². The number of ether oxygens (including phenoxy) is 1. The number of aryl methyl sites for hydroxylation is 1. The maximum atomic E-state index is 13.8. The van der Waals surface area contributed by atoms with Gasteiger partial charge >= 0.3 is 5.97 Å². The monoisotopic (exact) mass is 450 g/mol. The van der Waals surface area contributed by atoms with Crippen LogP contribution in [0.25, 0.3) is 27.0 Å². The van der Waals surface area contributed by atoms with E-state index in [2.05, 4.69) is 0 Å². The van der Waals surface area contributed by atoms with Gasteiger partial charge in [-0.15, -0.1) is 11.3 Å². The predicted octanol–water partition coefficient (Wildman–Crippen LogP) is 5.47. The third-order valence-corrected chi connectivity index (χ3v) is 6.65. The van der Waals surface area contributed by atoms with Crippen LogP contribution in [0.1, 0.15) is 18.2 Å². The molecule has 0 saturated carbocycles. The minimum atomic E-state index is -0.312. The lowest BCUT2D eigenvalue weighted by Gasteiger charge is -2.12. The van der Waals surface area contributed by atoms with Crippen LogP contribution in [0, 0.1) is 6.92 Å². The zero-order valence-electron chi connectivity index (χ0n) is 17.3. The van der Waals surface area contributed by atoms with E-state index >= 15 is 0 Å². The van der Waals surface area contributed by atoms with Crippen molar-refractivity contribution in [2.75, 3.05) is 12.4 Å². The molecule has 4 aromatic rings. The molecule has 0 spiro atoms. The molecule has 0 radical (unpaired) electrons. The molecule has 0 unspecified atom stereocenters. The van der Waals surface area contributed by atoms with E-state index in [1.54, 1.807) is 4.57 Å². The van der Waals surface area contributed by atoms with Crippen molar-refractivity contribution in [2.24, 2.45) is 0 Å². The van der Waals surface area contributed by atoms with Gasteiger partial charge in [-0.25, -0.2) is 4.98 Å². The van der Waals surface area contributed by atoms with Crippen LogP contribution >= 0.6 is 23.1 Å². The van der Waals surface area contributed by atoms with Gasteiger partial charge in [-0.2, -0.15) is 0 Å². The fraction of sp³-hybridized carbons (Fsp3) is 0.208. The van der Waals surface area contributed by atoms with Crippen LogP contribution in [0.5, 0.6) is 0 Å². The molecule has 158 valence electrons. The van der Waals surface area contributed by atoms with Crippen molar-refractivity contribution in [3.8, 4) is 16.8 Å². The molecule has 31 heavy (non-hydrogen) atoms. The van der Waals surface area contributed by atoms with Crippen molar-refractivity contribution in [3.05, 3.63) is 75.9 Å². The summed E-state index contributed by atoms with van der Waals surface area (Å²) in [6.45, 7) is 4.35. The number of carbonyl (C=O) groups excluding carboxylic acids is 1. The van der Waals surface area contributed by atoms with E-state index in [4.69, 9.17) is 9.72 Å². The zero-order chi connectivity index (χ0) is 21.8. The Morgan fingerprint density at radius 2 is 1.77 bits per heavy atom. The smallest absolute Gasteiger partial charge is 0.316 e. The van der Waals surface area contributed by atoms with Crippen molar-refractivity contribution < 1.29 is 9.53 Å². The number of hydrogen-bond donors (Lipinski definition) is 0. The first kappa shape index (κ1) is 21.3. The van der Waals surface area contributed by atoms with E-state index < -0.39 is 0 Å². The van der Waals surface area contributed by atoms with Gasteiger partial charge in [-0.3, -0.25) is 14.2 Å². The average molecular weight is 451 g/mol. The Morgan fingerprint density at radius 1 is 1.10 bits per heavy atom. The topological polar surface area (TPSA) is 61.2 Å². The van der Waals surface area contributed by atoms with Crippen molar-refractivity contribution >= 4 is 39.3 Å². The van der Waals surface area contributed by atoms with Gasteiger partial charge in [0, 0.05) is 10.4 Å². The summed E-state index contributed by atoms with van der Waals surface area (Å²) >= 11 is 2.72. The standard InChI is InChI=1S/C24H22N2O3S2/c1-3-14-29-19(27)15-30-24-25-22-21(23(28)26(24)18-12-8-5-9-13-18)20(16(2)31-22)17-10-6-4-7-11-17/h4-13H,3,14-15H2,1-2H3. The number of fused-ring (bicyclic) bond motifs is 1. The summed E-state index contributed by atoms with van der Waals surface area (Å²) in [5.74, 6) is -0.214. The first-order chi connectivity index (χ1) is 15.1. The first-order valence-corrected chi connectivity index (χ1v) is 11.9. The van der Waals surface area contributed by atoms with Gasteiger partial charge in [0.05, 0.1) is 23.4 Å². The molecule has 0 bridgehead atoms. The fourth-order valence-electron chi connectivity index (χ4n) is 3.38. The molecule has 0 atom stereocenters. The largest absolute Gasteiger partial charge is 0.465 e. The number of nitrogens with zero attached hydrogens (tertiary/aromatic N) is 2. The molecule has 0 aliphatic rings. The van der Waals surface area contributed by atoms with Crippen LogP contribution in [0.2, 0.25) is 0 Å². The fourth-order valence-corrected chi connectivity index (χ4v) is 5.27. The third kappa shape index (κ3) is 4.43. The molecule has 0 N–H and O–H groups in total. The summed E-state index contributed by atoms with van der Waals surface area (Å²) in [5, 5.41) is 1.09. The van der Waals surface area contributed by atoms with Crippen LogP contribution in [-0.2, 0) is 9.53 Å². The molecule has 0 aliphatic heterocycles. The summed E-state index contributed by atoms with van der Waals surface area (Å²) in [5.41, 5.74) is 2.49. The van der Waals surface area contributed by atoms with E-state index in [0.29, 0.717) is 27.7 Å². The second-order valence-electron chi connectivity index (χ2n) is 6.96. The summed E-state index contributed by atoms with van der Waals surface area (Å²) in [4.78, 5) is 32.4. The number of rotatable bonds is 7. The highest BCUT2D eigenvalue weighted by molar-refractivity contribution is 7.99. The summed E-state index contributed by atoms with van der Waals surface area (Å²) in [7, 11) is 0. The van der Waals surface area contributed by atoms with Crippen LogP contribution in [0.4, 0.5) is 0 Å². The second kappa shape index (κ2) is 9.49. The van der Waals surface area contributed by atoms with Gasteiger partial charge in [0.15, 0.2) is 5.16 Å². The predicted molar refractivity (Wildman–Crippen MR) is 127 cm³/mol. The van der Waals surface area contributed by atoms with E-state index in [-0.39, 0.29) is 17.3 Å². The van der Waals surface area contributed by atoms with E-state index in [9.17, 15) is 9.59 Å². The lowest BCUT2D eigenvalue weighted by atomic mass is 10.0. The number of carbonyl (C=O) groups is 1. The van der Waals surface area contributed by atoms with E-state index in [1.165, 1.54) is 23.1 Å². The molecular formula is C24H22N2O3S2. The van der Waals surface area contributed by atoms with Crippen molar-refractivity contribution in [3.63, 3.8) is 0 Å². The normalized spacial score (nSPS) is 11.0. The molecule has 0 amide bonds. The summed E-state index contributed by atoms with van der Waals surface area (Å²) < 4.78 is 6.78. The second-order valence-corrected chi connectivity index (χ2v) is 9.10. The minimum Gasteiger partial charge on any atom is -0.465 e. The number of thioether (sulfide) groups is 1. The van der Waals surface area contributed by atoms with Crippen molar-refractivity contribution in [1.82, 2.24) is 9.55 Å². The number of benzene rings is 2. The molecule has 2 aromatic heterocycles. The number of thiophene rings is 1. The molecule has 0 fully saturated rings. The first-order valence-electron chi connectivity index (χ1n) is 10.1. The molecule has 0 aliphatic carbocycles. The Hall–Kier alpha value is -2.90. The Labute approximate surface area is 188 Å². The highest BCUT2D eigenvalue weighted by Gasteiger charge is 2.21. The quantitative estimate of drug-likeness (QED) is 0.212. The lowest BCUT2D eigenvalue weighted by molar-refractivity contribution is -0.140. The van der Waals surface area contributed by atoms with Gasteiger partial charge in [0.2, 0.25) is 0 Å². The van der Waals surface area contributed by atoms with Crippen LogP contribution in [0.3, 0.4) is 0 Å². The maximum Gasteiger partial charge on any atom is 0.316 e. The van der Waals surface area contributed by atoms with Crippen molar-refractivity contribution in [2.45, 2.75) is 25.4 Å². The molecular weight excluding hydrogens is 428 g/mol. The third-order valence-electron chi connectivity index (χ3n) is 4.73. The molecule has 5 nitrogen and oxygen atoms in total. The van der Waals surface area contributed by atoms with Gasteiger partial charge < -0.3 is 4.74 Å². The van der Waals surface area contributed by atoms with Gasteiger partial charge in [-0.05, 0) is 31.0 Å². The van der Waals surface area contributed by atoms with E-state index in [1.807, 2.05) is 74.5 Å². The molecule has 4 rings (SSSR count). The molecule has 2 heterocycles. The summed E-state index contributed by atoms with van der Waals surface area (Å²) in [6.07, 6.45) is 0.770. The Balaban J connectivity index is 1.88. The Morgan fingerprint density at radius 3 is 2.45 bits per heavy atom. The van der Waals surface area contributed by atoms with E-state index in [0.717, 1.165) is 22.4 Å². The van der Waals surface area contributed by atoms with Gasteiger partial charge in [-0.1, -0.05) is 67.2 Å². The zero-order valence-corrected chi connectivity index (χ0v) is 19.0. The van der Waals surface area contributed by atoms with Crippen LogP contribution < -0.4 is 5.56 Å². The van der Waals surface area contributed by atoms with Crippen molar-refractivity contribution in [1.29, 1.82) is 0 Å². The van der Waals surface area contributed by atoms with Crippen LogP contribution in [0.15, 0.2) is 70.6 Å². The molecule has 7 heteroatoms. The van der Waals surface area contributed by atoms with Gasteiger partial charge in [0.1, 0.15) is 4.83 Å². The Kier molecular flexibility index (Phi) is 6.53. The number of aromatic nitrogens is 2. The number of hydrogen-bond acceptors (Lipinski definition) is 6. The number of para-hydroxylation sites is 1. The lowest BCUT2D eigenvalue weighted by Crippen LogP contribution is -2.22. The maximum absolute atomic E-state index is 13.8. The summed E-state index contributed by atoms with van der Waals surface area (Å²) in [6, 6.07) is 19.3. The minimum absolute atomic E-state index is 0.0979. The SMILES string of the molecule is CCCOC(=O)CSc1nc2sc(C)c(-c3ccccc3)c2c(=O)n1-c1ccccc1.